The lowest BCUT2D eigenvalue weighted by atomic mass is 9.89. The Labute approximate surface area is 162 Å². The maximum absolute atomic E-state index is 12.5. The predicted molar refractivity (Wildman–Crippen MR) is 107 cm³/mol. The van der Waals surface area contributed by atoms with Crippen LogP contribution < -0.4 is 10.9 Å². The van der Waals surface area contributed by atoms with Crippen LogP contribution in [0.1, 0.15) is 48.0 Å². The van der Waals surface area contributed by atoms with Crippen LogP contribution in [0.3, 0.4) is 0 Å². The molecule has 0 aliphatic heterocycles. The topological polar surface area (TPSA) is 51.1 Å². The van der Waals surface area contributed by atoms with Gasteiger partial charge >= 0.3 is 0 Å². The number of benzene rings is 1. The van der Waals surface area contributed by atoms with E-state index >= 15 is 0 Å². The average Bonchev–Trinajstić information content (AvgIpc) is 2.68. The molecular weight excluding hydrogens is 392 g/mol. The zero-order valence-corrected chi connectivity index (χ0v) is 16.5. The highest BCUT2D eigenvalue weighted by Gasteiger charge is 2.16. The van der Waals surface area contributed by atoms with Crippen LogP contribution in [0.5, 0.6) is 0 Å². The molecule has 1 saturated carbocycles. The number of pyridine rings is 1. The summed E-state index contributed by atoms with van der Waals surface area (Å²) in [5.74, 6) is 0.477. The lowest BCUT2D eigenvalue weighted by Crippen LogP contribution is -2.32. The standard InChI is InChI=1S/C21H25BrN2O2/c22-19-13-18(20(25)23-14-17-9-5-2-6-10-17)15-24(21(19)26)12-11-16-7-3-1-4-8-16/h1,3-4,7-8,13,15,17H,2,5-6,9-12,14H2,(H,23,25). The van der Waals surface area contributed by atoms with Gasteiger partial charge in [-0.25, -0.2) is 0 Å². The molecule has 5 heteroatoms. The Morgan fingerprint density at radius 2 is 1.88 bits per heavy atom. The smallest absolute Gasteiger partial charge is 0.264 e. The number of rotatable bonds is 6. The van der Waals surface area contributed by atoms with E-state index in [1.54, 1.807) is 16.8 Å². The van der Waals surface area contributed by atoms with E-state index < -0.39 is 0 Å². The van der Waals surface area contributed by atoms with Gasteiger partial charge in [0.2, 0.25) is 0 Å². The number of hydrogen-bond donors (Lipinski definition) is 1. The normalized spacial score (nSPS) is 15.0. The Bertz CT molecular complexity index is 795. The minimum Gasteiger partial charge on any atom is -0.352 e. The number of hydrogen-bond acceptors (Lipinski definition) is 2. The summed E-state index contributed by atoms with van der Waals surface area (Å²) in [6.07, 6.45) is 8.64. The minimum atomic E-state index is -0.107. The number of nitrogens with one attached hydrogen (secondary N) is 1. The number of nitrogens with zero attached hydrogens (tertiary/aromatic N) is 1. The zero-order valence-electron chi connectivity index (χ0n) is 14.9. The van der Waals surface area contributed by atoms with Crippen molar-refractivity contribution in [2.24, 2.45) is 5.92 Å². The second-order valence-electron chi connectivity index (χ2n) is 7.02. The highest BCUT2D eigenvalue weighted by atomic mass is 79.9. The van der Waals surface area contributed by atoms with Gasteiger partial charge in [-0.15, -0.1) is 0 Å². The Morgan fingerprint density at radius 1 is 1.15 bits per heavy atom. The highest BCUT2D eigenvalue weighted by Crippen LogP contribution is 2.22. The average molecular weight is 417 g/mol. The van der Waals surface area contributed by atoms with Gasteiger partial charge in [-0.2, -0.15) is 0 Å². The Balaban J connectivity index is 1.66. The third kappa shape index (κ3) is 5.07. The molecule has 0 bridgehead atoms. The molecule has 3 rings (SSSR count). The summed E-state index contributed by atoms with van der Waals surface area (Å²) in [6, 6.07) is 11.7. The molecule has 0 atom stereocenters. The van der Waals surface area contributed by atoms with E-state index in [0.29, 0.717) is 22.5 Å². The fourth-order valence-electron chi connectivity index (χ4n) is 3.51. The first-order valence-corrected chi connectivity index (χ1v) is 10.1. The first-order chi connectivity index (χ1) is 12.6. The molecule has 1 aromatic heterocycles. The monoisotopic (exact) mass is 416 g/mol. The molecule has 1 heterocycles. The maximum atomic E-state index is 12.5. The van der Waals surface area contributed by atoms with Crippen molar-refractivity contribution in [1.82, 2.24) is 9.88 Å². The van der Waals surface area contributed by atoms with E-state index in [1.807, 2.05) is 30.3 Å². The summed E-state index contributed by atoms with van der Waals surface area (Å²) in [6.45, 7) is 1.27. The molecule has 1 aromatic carbocycles. The van der Waals surface area contributed by atoms with Gasteiger partial charge in [0.25, 0.3) is 11.5 Å². The quantitative estimate of drug-likeness (QED) is 0.767. The Hall–Kier alpha value is -1.88. The second kappa shape index (κ2) is 9.17. The van der Waals surface area contributed by atoms with Gasteiger partial charge in [-0.3, -0.25) is 9.59 Å². The molecule has 1 aliphatic carbocycles. The number of halogens is 1. The van der Waals surface area contributed by atoms with E-state index in [4.69, 9.17) is 0 Å². The van der Waals surface area contributed by atoms with Crippen LogP contribution in [0.25, 0.3) is 0 Å². The van der Waals surface area contributed by atoms with Gasteiger partial charge < -0.3 is 9.88 Å². The zero-order chi connectivity index (χ0) is 18.4. The van der Waals surface area contributed by atoms with Crippen molar-refractivity contribution in [1.29, 1.82) is 0 Å². The lowest BCUT2D eigenvalue weighted by molar-refractivity contribution is 0.0942. The summed E-state index contributed by atoms with van der Waals surface area (Å²) in [4.78, 5) is 24.9. The summed E-state index contributed by atoms with van der Waals surface area (Å²) in [7, 11) is 0. The SMILES string of the molecule is O=C(NCC1CCCCC1)c1cc(Br)c(=O)n(CCc2ccccc2)c1. The summed E-state index contributed by atoms with van der Waals surface area (Å²) >= 11 is 3.31. The third-order valence-electron chi connectivity index (χ3n) is 5.06. The fourth-order valence-corrected chi connectivity index (χ4v) is 3.99. The van der Waals surface area contributed by atoms with Crippen LogP contribution in [0.4, 0.5) is 0 Å². The van der Waals surface area contributed by atoms with Crippen LogP contribution in [0.15, 0.2) is 51.9 Å². The molecule has 0 radical (unpaired) electrons. The number of aromatic nitrogens is 1. The van der Waals surface area contributed by atoms with E-state index in [2.05, 4.69) is 21.2 Å². The molecule has 0 unspecified atom stereocenters. The highest BCUT2D eigenvalue weighted by molar-refractivity contribution is 9.10. The summed E-state index contributed by atoms with van der Waals surface area (Å²) in [5, 5.41) is 3.04. The van der Waals surface area contributed by atoms with Crippen LogP contribution in [0.2, 0.25) is 0 Å². The van der Waals surface area contributed by atoms with Gasteiger partial charge in [0.1, 0.15) is 0 Å². The van der Waals surface area contributed by atoms with E-state index in [1.165, 1.54) is 37.7 Å². The lowest BCUT2D eigenvalue weighted by Gasteiger charge is -2.21. The summed E-state index contributed by atoms with van der Waals surface area (Å²) in [5.41, 5.74) is 1.59. The molecule has 1 aliphatic rings. The van der Waals surface area contributed by atoms with Crippen LogP contribution in [-0.4, -0.2) is 17.0 Å². The molecule has 1 N–H and O–H groups in total. The van der Waals surface area contributed by atoms with Crippen LogP contribution in [-0.2, 0) is 13.0 Å². The van der Waals surface area contributed by atoms with Crippen molar-refractivity contribution in [2.45, 2.75) is 45.1 Å². The molecule has 1 fully saturated rings. The molecule has 2 aromatic rings. The number of amides is 1. The van der Waals surface area contributed by atoms with Gasteiger partial charge in [0.15, 0.2) is 0 Å². The van der Waals surface area contributed by atoms with Crippen LogP contribution >= 0.6 is 15.9 Å². The van der Waals surface area contributed by atoms with E-state index in [0.717, 1.165) is 13.0 Å². The van der Waals surface area contributed by atoms with E-state index in [9.17, 15) is 9.59 Å². The van der Waals surface area contributed by atoms with Gasteiger partial charge in [-0.1, -0.05) is 49.6 Å². The van der Waals surface area contributed by atoms with Gasteiger partial charge in [0.05, 0.1) is 10.0 Å². The molecular formula is C21H25BrN2O2. The number of aryl methyl sites for hydroxylation is 2. The molecule has 0 spiro atoms. The molecule has 1 amide bonds. The molecule has 26 heavy (non-hydrogen) atoms. The minimum absolute atomic E-state index is 0.107. The van der Waals surface area contributed by atoms with Gasteiger partial charge in [0, 0.05) is 19.3 Å². The first-order valence-electron chi connectivity index (χ1n) is 9.35. The number of carbonyl (C=O) groups excluding carboxylic acids is 1. The predicted octanol–water partition coefficient (Wildman–Crippen LogP) is 4.16. The van der Waals surface area contributed by atoms with Crippen molar-refractivity contribution < 1.29 is 4.79 Å². The Morgan fingerprint density at radius 3 is 2.62 bits per heavy atom. The first kappa shape index (κ1) is 18.9. The number of carbonyl (C=O) groups is 1. The summed E-state index contributed by atoms with van der Waals surface area (Å²) < 4.78 is 2.04. The molecule has 0 saturated heterocycles. The van der Waals surface area contributed by atoms with Crippen molar-refractivity contribution in [3.8, 4) is 0 Å². The second-order valence-corrected chi connectivity index (χ2v) is 7.88. The fraction of sp³-hybridized carbons (Fsp3) is 0.429. The maximum Gasteiger partial charge on any atom is 0.264 e. The largest absolute Gasteiger partial charge is 0.352 e. The van der Waals surface area contributed by atoms with Crippen molar-refractivity contribution >= 4 is 21.8 Å². The Kier molecular flexibility index (Phi) is 6.67. The van der Waals surface area contributed by atoms with Crippen molar-refractivity contribution in [3.05, 3.63) is 68.5 Å². The molecule has 4 nitrogen and oxygen atoms in total. The third-order valence-corrected chi connectivity index (χ3v) is 5.63. The van der Waals surface area contributed by atoms with Crippen LogP contribution in [0, 0.1) is 5.92 Å². The van der Waals surface area contributed by atoms with Crippen molar-refractivity contribution in [3.63, 3.8) is 0 Å². The van der Waals surface area contributed by atoms with E-state index in [-0.39, 0.29) is 11.5 Å². The molecule has 138 valence electrons. The van der Waals surface area contributed by atoms with Crippen molar-refractivity contribution in [2.75, 3.05) is 6.54 Å². The van der Waals surface area contributed by atoms with Gasteiger partial charge in [-0.05, 0) is 52.7 Å².